The molecule has 0 aromatic heterocycles. The van der Waals surface area contributed by atoms with Crippen LogP contribution in [-0.4, -0.2) is 0 Å². The van der Waals surface area contributed by atoms with Crippen LogP contribution in [0.3, 0.4) is 0 Å². The van der Waals surface area contributed by atoms with Gasteiger partial charge < -0.3 is 5.32 Å². The Morgan fingerprint density at radius 2 is 1.44 bits per heavy atom. The fourth-order valence-electron chi connectivity index (χ4n) is 2.13. The Balaban J connectivity index is 2.08. The Bertz CT molecular complexity index is 495. The van der Waals surface area contributed by atoms with E-state index in [2.05, 4.69) is 49.5 Å². The van der Waals surface area contributed by atoms with Gasteiger partial charge in [-0.25, -0.2) is 0 Å². The summed E-state index contributed by atoms with van der Waals surface area (Å²) >= 11 is 6.21. The normalized spacial score (nSPS) is 14.2. The molecule has 0 aliphatic rings. The molecule has 2 aromatic carbocycles. The standard InChI is InChI=1S/C16H18ClN/c1-12(14-8-4-3-5-9-14)18-13(2)15-10-6-7-11-16(15)17/h3-13,18H,1-2H3. The van der Waals surface area contributed by atoms with Crippen molar-refractivity contribution in [1.29, 1.82) is 0 Å². The lowest BCUT2D eigenvalue weighted by Crippen LogP contribution is -2.22. The third-order valence-corrected chi connectivity index (χ3v) is 3.52. The summed E-state index contributed by atoms with van der Waals surface area (Å²) in [5.74, 6) is 0. The second kappa shape index (κ2) is 6.03. The Morgan fingerprint density at radius 1 is 0.833 bits per heavy atom. The SMILES string of the molecule is CC(NC(C)c1ccccc1Cl)c1ccccc1. The van der Waals surface area contributed by atoms with Crippen LogP contribution >= 0.6 is 11.6 Å². The summed E-state index contributed by atoms with van der Waals surface area (Å²) in [5.41, 5.74) is 2.43. The van der Waals surface area contributed by atoms with Gasteiger partial charge in [-0.1, -0.05) is 60.1 Å². The topological polar surface area (TPSA) is 12.0 Å². The maximum atomic E-state index is 6.21. The minimum absolute atomic E-state index is 0.230. The third-order valence-electron chi connectivity index (χ3n) is 3.17. The van der Waals surface area contributed by atoms with Gasteiger partial charge in [-0.2, -0.15) is 0 Å². The van der Waals surface area contributed by atoms with E-state index in [0.29, 0.717) is 6.04 Å². The van der Waals surface area contributed by atoms with E-state index in [1.807, 2.05) is 24.3 Å². The van der Waals surface area contributed by atoms with Crippen LogP contribution in [0.4, 0.5) is 0 Å². The Morgan fingerprint density at radius 3 is 2.11 bits per heavy atom. The number of benzene rings is 2. The fourth-order valence-corrected chi connectivity index (χ4v) is 2.43. The number of rotatable bonds is 4. The molecule has 0 fully saturated rings. The quantitative estimate of drug-likeness (QED) is 0.835. The molecule has 94 valence electrons. The van der Waals surface area contributed by atoms with Crippen molar-refractivity contribution >= 4 is 11.6 Å². The monoisotopic (exact) mass is 259 g/mol. The van der Waals surface area contributed by atoms with Gasteiger partial charge in [0, 0.05) is 17.1 Å². The molecule has 0 radical (unpaired) electrons. The van der Waals surface area contributed by atoms with Crippen LogP contribution in [-0.2, 0) is 0 Å². The summed E-state index contributed by atoms with van der Waals surface area (Å²) in [7, 11) is 0. The van der Waals surface area contributed by atoms with E-state index in [0.717, 1.165) is 10.6 Å². The molecule has 2 atom stereocenters. The molecule has 0 saturated carbocycles. The summed E-state index contributed by atoms with van der Waals surface area (Å²) in [6.45, 7) is 4.31. The van der Waals surface area contributed by atoms with Crippen LogP contribution in [0.1, 0.15) is 37.1 Å². The molecule has 0 saturated heterocycles. The van der Waals surface area contributed by atoms with E-state index >= 15 is 0 Å². The van der Waals surface area contributed by atoms with Gasteiger partial charge in [0.25, 0.3) is 0 Å². The second-order valence-electron chi connectivity index (χ2n) is 4.54. The van der Waals surface area contributed by atoms with Crippen molar-refractivity contribution in [3.63, 3.8) is 0 Å². The molecular formula is C16H18ClN. The molecule has 0 aliphatic heterocycles. The van der Waals surface area contributed by atoms with E-state index in [-0.39, 0.29) is 6.04 Å². The third kappa shape index (κ3) is 3.12. The zero-order valence-corrected chi connectivity index (χ0v) is 11.5. The maximum Gasteiger partial charge on any atom is 0.0453 e. The minimum atomic E-state index is 0.230. The molecular weight excluding hydrogens is 242 g/mol. The summed E-state index contributed by atoms with van der Waals surface area (Å²) in [6, 6.07) is 18.9. The largest absolute Gasteiger partial charge is 0.304 e. The Hall–Kier alpha value is -1.31. The van der Waals surface area contributed by atoms with Gasteiger partial charge >= 0.3 is 0 Å². The number of halogens is 1. The van der Waals surface area contributed by atoms with Crippen molar-refractivity contribution in [1.82, 2.24) is 5.32 Å². The van der Waals surface area contributed by atoms with Gasteiger partial charge in [0.15, 0.2) is 0 Å². The van der Waals surface area contributed by atoms with Gasteiger partial charge in [0.05, 0.1) is 0 Å². The minimum Gasteiger partial charge on any atom is -0.304 e. The highest BCUT2D eigenvalue weighted by molar-refractivity contribution is 6.31. The zero-order valence-electron chi connectivity index (χ0n) is 10.7. The average Bonchev–Trinajstić information content (AvgIpc) is 2.40. The molecule has 18 heavy (non-hydrogen) atoms. The lowest BCUT2D eigenvalue weighted by Gasteiger charge is -2.21. The first kappa shape index (κ1) is 13.1. The summed E-state index contributed by atoms with van der Waals surface area (Å²) < 4.78 is 0. The van der Waals surface area contributed by atoms with Gasteiger partial charge in [-0.15, -0.1) is 0 Å². The van der Waals surface area contributed by atoms with Gasteiger partial charge in [0.1, 0.15) is 0 Å². The van der Waals surface area contributed by atoms with Crippen LogP contribution < -0.4 is 5.32 Å². The summed E-state index contributed by atoms with van der Waals surface area (Å²) in [4.78, 5) is 0. The van der Waals surface area contributed by atoms with Gasteiger partial charge in [-0.05, 0) is 31.0 Å². The lowest BCUT2D eigenvalue weighted by molar-refractivity contribution is 0.495. The lowest BCUT2D eigenvalue weighted by atomic mass is 10.0. The van der Waals surface area contributed by atoms with Crippen LogP contribution in [0, 0.1) is 0 Å². The molecule has 2 aromatic rings. The highest BCUT2D eigenvalue weighted by Crippen LogP contribution is 2.24. The van der Waals surface area contributed by atoms with Crippen LogP contribution in [0.2, 0.25) is 5.02 Å². The molecule has 1 nitrogen and oxygen atoms in total. The van der Waals surface area contributed by atoms with Crippen LogP contribution in [0.15, 0.2) is 54.6 Å². The molecule has 2 rings (SSSR count). The molecule has 2 heteroatoms. The number of hydrogen-bond donors (Lipinski definition) is 1. The maximum absolute atomic E-state index is 6.21. The second-order valence-corrected chi connectivity index (χ2v) is 4.95. The van der Waals surface area contributed by atoms with Crippen molar-refractivity contribution in [3.8, 4) is 0 Å². The summed E-state index contributed by atoms with van der Waals surface area (Å²) in [6.07, 6.45) is 0. The van der Waals surface area contributed by atoms with E-state index in [1.165, 1.54) is 5.56 Å². The summed E-state index contributed by atoms with van der Waals surface area (Å²) in [5, 5.41) is 4.39. The molecule has 0 bridgehead atoms. The van der Waals surface area contributed by atoms with Crippen molar-refractivity contribution < 1.29 is 0 Å². The van der Waals surface area contributed by atoms with Crippen molar-refractivity contribution in [3.05, 3.63) is 70.7 Å². The molecule has 0 amide bonds. The van der Waals surface area contributed by atoms with E-state index in [1.54, 1.807) is 0 Å². The van der Waals surface area contributed by atoms with Crippen molar-refractivity contribution in [2.24, 2.45) is 0 Å². The van der Waals surface area contributed by atoms with Crippen LogP contribution in [0.25, 0.3) is 0 Å². The Kier molecular flexibility index (Phi) is 4.40. The van der Waals surface area contributed by atoms with Crippen LogP contribution in [0.5, 0.6) is 0 Å². The zero-order chi connectivity index (χ0) is 13.0. The van der Waals surface area contributed by atoms with Gasteiger partial charge in [0.2, 0.25) is 0 Å². The average molecular weight is 260 g/mol. The van der Waals surface area contributed by atoms with Gasteiger partial charge in [-0.3, -0.25) is 0 Å². The highest BCUT2D eigenvalue weighted by atomic mass is 35.5. The first-order valence-electron chi connectivity index (χ1n) is 6.24. The smallest absolute Gasteiger partial charge is 0.0453 e. The molecule has 0 spiro atoms. The molecule has 1 N–H and O–H groups in total. The number of hydrogen-bond acceptors (Lipinski definition) is 1. The van der Waals surface area contributed by atoms with Crippen molar-refractivity contribution in [2.75, 3.05) is 0 Å². The first-order chi connectivity index (χ1) is 8.68. The predicted molar refractivity (Wildman–Crippen MR) is 77.9 cm³/mol. The van der Waals surface area contributed by atoms with E-state index < -0.39 is 0 Å². The molecule has 0 heterocycles. The molecule has 2 unspecified atom stereocenters. The molecule has 0 aliphatic carbocycles. The Labute approximate surface area is 114 Å². The number of nitrogens with one attached hydrogen (secondary N) is 1. The van der Waals surface area contributed by atoms with E-state index in [4.69, 9.17) is 11.6 Å². The fraction of sp³-hybridized carbons (Fsp3) is 0.250. The predicted octanol–water partition coefficient (Wildman–Crippen LogP) is 4.75. The van der Waals surface area contributed by atoms with E-state index in [9.17, 15) is 0 Å². The first-order valence-corrected chi connectivity index (χ1v) is 6.61. The van der Waals surface area contributed by atoms with Crippen molar-refractivity contribution in [2.45, 2.75) is 25.9 Å². The highest BCUT2D eigenvalue weighted by Gasteiger charge is 2.12.